The van der Waals surface area contributed by atoms with Crippen molar-refractivity contribution in [3.05, 3.63) is 58.3 Å². The fourth-order valence-electron chi connectivity index (χ4n) is 4.44. The second-order valence-electron chi connectivity index (χ2n) is 9.23. The Bertz CT molecular complexity index is 772. The molecule has 0 aliphatic heterocycles. The van der Waals surface area contributed by atoms with Gasteiger partial charge in [-0.05, 0) is 48.4 Å². The van der Waals surface area contributed by atoms with Crippen molar-refractivity contribution in [2.24, 2.45) is 5.92 Å². The first-order valence-corrected chi connectivity index (χ1v) is 12.7. The van der Waals surface area contributed by atoms with Crippen LogP contribution < -0.4 is 9.92 Å². The molecule has 1 aromatic rings. The molecule has 0 amide bonds. The zero-order valence-corrected chi connectivity index (χ0v) is 19.2. The molecule has 0 radical (unpaired) electrons. The van der Waals surface area contributed by atoms with Gasteiger partial charge >= 0.3 is 0 Å². The van der Waals surface area contributed by atoms with Crippen molar-refractivity contribution in [1.82, 2.24) is 0 Å². The van der Waals surface area contributed by atoms with Gasteiger partial charge in [0.1, 0.15) is 20.4 Å². The Labute approximate surface area is 161 Å². The molecule has 2 rings (SSSR count). The molecule has 0 bridgehead atoms. The van der Waals surface area contributed by atoms with E-state index in [-0.39, 0.29) is 5.41 Å². The third-order valence-corrected chi connectivity index (χ3v) is 10.1. The maximum absolute atomic E-state index is 6.29. The lowest BCUT2D eigenvalue weighted by atomic mass is 9.86. The molecule has 1 nitrogen and oxygen atoms in total. The molecule has 1 atom stereocenters. The molecule has 26 heavy (non-hydrogen) atoms. The zero-order valence-electron chi connectivity index (χ0n) is 18.2. The normalized spacial score (nSPS) is 18.6. The molecule has 0 N–H and O–H groups in total. The second kappa shape index (κ2) is 7.23. The summed E-state index contributed by atoms with van der Waals surface area (Å²) in [6.07, 6.45) is 1.84. The van der Waals surface area contributed by atoms with E-state index in [1.165, 1.54) is 27.5 Å². The molecule has 0 fully saturated rings. The van der Waals surface area contributed by atoms with Crippen molar-refractivity contribution >= 4 is 13.3 Å². The van der Waals surface area contributed by atoms with Gasteiger partial charge in [0.15, 0.2) is 0 Å². The van der Waals surface area contributed by atoms with Crippen molar-refractivity contribution in [3.63, 3.8) is 0 Å². The summed E-state index contributed by atoms with van der Waals surface area (Å²) in [4.78, 5) is 0. The number of ether oxygens (including phenoxy) is 1. The fraction of sp³-hybridized carbons (Fsp3) is 0.500. The van der Waals surface area contributed by atoms with Crippen LogP contribution in [0.4, 0.5) is 0 Å². The maximum atomic E-state index is 6.29. The topological polar surface area (TPSA) is 9.23 Å². The lowest BCUT2D eigenvalue weighted by Gasteiger charge is -2.34. The second-order valence-corrected chi connectivity index (χ2v) is 13.6. The summed E-state index contributed by atoms with van der Waals surface area (Å²) in [5.41, 5.74) is 5.85. The monoisotopic (exact) mass is 368 g/mol. The first-order valence-electron chi connectivity index (χ1n) is 9.71. The minimum atomic E-state index is -1.88. The van der Waals surface area contributed by atoms with E-state index in [0.29, 0.717) is 12.5 Å². The minimum absolute atomic E-state index is 0.0474. The van der Waals surface area contributed by atoms with E-state index in [2.05, 4.69) is 86.3 Å². The van der Waals surface area contributed by atoms with Crippen LogP contribution in [0.5, 0.6) is 5.75 Å². The Kier molecular flexibility index (Phi) is 5.77. The SMILES string of the molecule is C=CCOc1c(C(C)(C)C)cccc1[Si](C)(C)C1=C(C)C(C)=C(C)C1C. The highest BCUT2D eigenvalue weighted by atomic mass is 28.3. The number of allylic oxidation sites excluding steroid dienone is 4. The van der Waals surface area contributed by atoms with E-state index in [0.717, 1.165) is 5.75 Å². The van der Waals surface area contributed by atoms with Crippen LogP contribution in [0.1, 0.15) is 54.0 Å². The average molecular weight is 369 g/mol. The Morgan fingerprint density at radius 2 is 1.73 bits per heavy atom. The molecule has 2 heteroatoms. The van der Waals surface area contributed by atoms with Crippen LogP contribution in [0.3, 0.4) is 0 Å². The molecule has 0 aromatic heterocycles. The minimum Gasteiger partial charge on any atom is -0.489 e. The van der Waals surface area contributed by atoms with Crippen LogP contribution in [0.2, 0.25) is 13.1 Å². The third kappa shape index (κ3) is 3.49. The van der Waals surface area contributed by atoms with Crippen LogP contribution in [0, 0.1) is 5.92 Å². The first-order chi connectivity index (χ1) is 11.9. The first kappa shape index (κ1) is 20.8. The standard InChI is InChI=1S/C24H36OSi/c1-11-15-25-22-20(24(6,7)8)13-12-14-21(22)26(9,10)23-18(4)16(2)17(3)19(23)5/h11-14,18H,1,15H2,2-10H3. The van der Waals surface area contributed by atoms with Gasteiger partial charge in [0.25, 0.3) is 0 Å². The number of rotatable bonds is 5. The van der Waals surface area contributed by atoms with Crippen molar-refractivity contribution in [3.8, 4) is 5.75 Å². The maximum Gasteiger partial charge on any atom is 0.123 e. The summed E-state index contributed by atoms with van der Waals surface area (Å²) in [6.45, 7) is 25.4. The van der Waals surface area contributed by atoms with Gasteiger partial charge < -0.3 is 4.74 Å². The number of benzene rings is 1. The Hall–Kier alpha value is -1.54. The largest absolute Gasteiger partial charge is 0.489 e. The van der Waals surface area contributed by atoms with E-state index in [9.17, 15) is 0 Å². The van der Waals surface area contributed by atoms with E-state index in [1.54, 1.807) is 5.20 Å². The van der Waals surface area contributed by atoms with Crippen LogP contribution in [0.15, 0.2) is 52.8 Å². The van der Waals surface area contributed by atoms with Gasteiger partial charge in [-0.1, -0.05) is 88.0 Å². The fourth-order valence-corrected chi connectivity index (χ4v) is 8.44. The molecule has 142 valence electrons. The summed E-state index contributed by atoms with van der Waals surface area (Å²) in [6, 6.07) is 6.74. The van der Waals surface area contributed by atoms with Crippen molar-refractivity contribution in [1.29, 1.82) is 0 Å². The molecule has 0 spiro atoms. The van der Waals surface area contributed by atoms with E-state index < -0.39 is 8.07 Å². The molecule has 0 saturated heterocycles. The highest BCUT2D eigenvalue weighted by Crippen LogP contribution is 2.42. The molecule has 1 aliphatic rings. The molecular weight excluding hydrogens is 332 g/mol. The molecule has 1 aliphatic carbocycles. The highest BCUT2D eigenvalue weighted by molar-refractivity contribution is 6.96. The average Bonchev–Trinajstić information content (AvgIpc) is 2.75. The predicted molar refractivity (Wildman–Crippen MR) is 118 cm³/mol. The summed E-state index contributed by atoms with van der Waals surface area (Å²) in [5.74, 6) is 1.62. The molecular formula is C24H36OSi. The van der Waals surface area contributed by atoms with E-state index >= 15 is 0 Å². The van der Waals surface area contributed by atoms with Gasteiger partial charge in [-0.3, -0.25) is 0 Å². The Morgan fingerprint density at radius 1 is 1.12 bits per heavy atom. The third-order valence-electron chi connectivity index (χ3n) is 6.16. The van der Waals surface area contributed by atoms with Crippen LogP contribution in [-0.4, -0.2) is 14.7 Å². The lowest BCUT2D eigenvalue weighted by molar-refractivity contribution is 0.354. The lowest BCUT2D eigenvalue weighted by Crippen LogP contribution is -2.47. The molecule has 1 unspecified atom stereocenters. The van der Waals surface area contributed by atoms with Crippen molar-refractivity contribution in [2.45, 2.75) is 67.0 Å². The van der Waals surface area contributed by atoms with Gasteiger partial charge in [-0.2, -0.15) is 0 Å². The van der Waals surface area contributed by atoms with Crippen molar-refractivity contribution < 1.29 is 4.74 Å². The van der Waals surface area contributed by atoms with Gasteiger partial charge in [-0.25, -0.2) is 0 Å². The highest BCUT2D eigenvalue weighted by Gasteiger charge is 2.40. The van der Waals surface area contributed by atoms with Gasteiger partial charge in [0, 0.05) is 0 Å². The summed E-state index contributed by atoms with van der Waals surface area (Å²) >= 11 is 0. The van der Waals surface area contributed by atoms with Gasteiger partial charge in [0.05, 0.1) is 0 Å². The summed E-state index contributed by atoms with van der Waals surface area (Å²) < 4.78 is 6.29. The van der Waals surface area contributed by atoms with Crippen molar-refractivity contribution in [2.75, 3.05) is 6.61 Å². The van der Waals surface area contributed by atoms with Gasteiger partial charge in [-0.15, -0.1) is 0 Å². The summed E-state index contributed by atoms with van der Waals surface area (Å²) in [5, 5.41) is 3.07. The quantitative estimate of drug-likeness (QED) is 0.437. The van der Waals surface area contributed by atoms with Crippen LogP contribution in [0.25, 0.3) is 0 Å². The number of hydrogen-bond acceptors (Lipinski definition) is 1. The number of hydrogen-bond donors (Lipinski definition) is 0. The summed E-state index contributed by atoms with van der Waals surface area (Å²) in [7, 11) is -1.88. The van der Waals surface area contributed by atoms with E-state index in [1.807, 2.05) is 6.08 Å². The van der Waals surface area contributed by atoms with Gasteiger partial charge in [0.2, 0.25) is 0 Å². The number of para-hydroxylation sites is 1. The molecule has 1 aromatic carbocycles. The zero-order chi connectivity index (χ0) is 19.9. The Morgan fingerprint density at radius 3 is 2.19 bits per heavy atom. The van der Waals surface area contributed by atoms with E-state index in [4.69, 9.17) is 4.74 Å². The Balaban J connectivity index is 2.69. The van der Waals surface area contributed by atoms with Crippen LogP contribution >= 0.6 is 0 Å². The molecule has 0 saturated carbocycles. The smallest absolute Gasteiger partial charge is 0.123 e. The van der Waals surface area contributed by atoms with Crippen LogP contribution in [-0.2, 0) is 5.41 Å². The predicted octanol–water partition coefficient (Wildman–Crippen LogP) is 6.31. The molecule has 0 heterocycles.